The highest BCUT2D eigenvalue weighted by Crippen LogP contribution is 2.19. The normalized spacial score (nSPS) is 11.2. The number of aryl methyl sites for hydroxylation is 1. The van der Waals surface area contributed by atoms with Crippen LogP contribution in [0, 0.1) is 17.0 Å². The van der Waals surface area contributed by atoms with Crippen molar-refractivity contribution in [2.75, 3.05) is 0 Å². The molecule has 0 spiro atoms. The Labute approximate surface area is 108 Å². The van der Waals surface area contributed by atoms with Crippen LogP contribution in [0.15, 0.2) is 36.7 Å². The lowest BCUT2D eigenvalue weighted by atomic mass is 10.3. The first-order valence-corrected chi connectivity index (χ1v) is 6.46. The fourth-order valence-corrected chi connectivity index (χ4v) is 2.40. The number of hydrogen-bond donors (Lipinski definition) is 0. The van der Waals surface area contributed by atoms with E-state index in [-0.39, 0.29) is 17.3 Å². The molecule has 19 heavy (non-hydrogen) atoms. The summed E-state index contributed by atoms with van der Waals surface area (Å²) in [5, 5.41) is 10.5. The van der Waals surface area contributed by atoms with Gasteiger partial charge in [0.1, 0.15) is 11.6 Å². The molecule has 0 unspecified atom stereocenters. The number of aromatic nitrogens is 2. The fourth-order valence-electron chi connectivity index (χ4n) is 1.39. The second-order valence-corrected chi connectivity index (χ2v) is 4.98. The van der Waals surface area contributed by atoms with E-state index in [1.165, 1.54) is 31.5 Å². The van der Waals surface area contributed by atoms with Crippen molar-refractivity contribution < 1.29 is 17.5 Å². The van der Waals surface area contributed by atoms with E-state index in [0.717, 1.165) is 16.1 Å². The summed E-state index contributed by atoms with van der Waals surface area (Å²) in [5.74, 6) is 0.237. The van der Waals surface area contributed by atoms with Crippen molar-refractivity contribution in [1.82, 2.24) is 8.96 Å². The molecule has 0 N–H and O–H groups in total. The molecule has 0 fully saturated rings. The van der Waals surface area contributed by atoms with Crippen LogP contribution in [0.5, 0.6) is 5.75 Å². The van der Waals surface area contributed by atoms with Crippen LogP contribution >= 0.6 is 0 Å². The van der Waals surface area contributed by atoms with E-state index in [1.54, 1.807) is 0 Å². The van der Waals surface area contributed by atoms with E-state index in [1.807, 2.05) is 0 Å². The summed E-state index contributed by atoms with van der Waals surface area (Å²) in [5.41, 5.74) is -0.149. The van der Waals surface area contributed by atoms with Crippen molar-refractivity contribution in [2.24, 2.45) is 0 Å². The van der Waals surface area contributed by atoms with Gasteiger partial charge in [0.05, 0.1) is 4.92 Å². The van der Waals surface area contributed by atoms with Crippen molar-refractivity contribution in [3.63, 3.8) is 0 Å². The van der Waals surface area contributed by atoms with Crippen LogP contribution in [0.2, 0.25) is 0 Å². The Morgan fingerprint density at radius 3 is 2.42 bits per heavy atom. The molecule has 2 rings (SSSR count). The lowest BCUT2D eigenvalue weighted by Gasteiger charge is -2.08. The van der Waals surface area contributed by atoms with Crippen LogP contribution in [0.25, 0.3) is 0 Å². The summed E-state index contributed by atoms with van der Waals surface area (Å²) in [4.78, 5) is 13.7. The van der Waals surface area contributed by atoms with Gasteiger partial charge in [0.15, 0.2) is 0 Å². The molecule has 0 saturated heterocycles. The van der Waals surface area contributed by atoms with Crippen LogP contribution < -0.4 is 4.18 Å². The number of benzene rings is 1. The van der Waals surface area contributed by atoms with Gasteiger partial charge >= 0.3 is 10.3 Å². The van der Waals surface area contributed by atoms with Gasteiger partial charge in [-0.2, -0.15) is 12.4 Å². The van der Waals surface area contributed by atoms with Gasteiger partial charge in [-0.3, -0.25) is 10.1 Å². The zero-order valence-corrected chi connectivity index (χ0v) is 10.6. The predicted octanol–water partition coefficient (Wildman–Crippen LogP) is 1.27. The van der Waals surface area contributed by atoms with Gasteiger partial charge in [0, 0.05) is 24.5 Å². The Bertz CT molecular complexity index is 705. The van der Waals surface area contributed by atoms with E-state index in [9.17, 15) is 18.5 Å². The first kappa shape index (κ1) is 13.0. The highest BCUT2D eigenvalue weighted by molar-refractivity contribution is 7.85. The fraction of sp³-hybridized carbons (Fsp3) is 0.100. The van der Waals surface area contributed by atoms with E-state index in [4.69, 9.17) is 4.18 Å². The summed E-state index contributed by atoms with van der Waals surface area (Å²) >= 11 is 0. The molecular weight excluding hydrogens is 274 g/mol. The van der Waals surface area contributed by atoms with Crippen molar-refractivity contribution in [3.05, 3.63) is 52.6 Å². The summed E-state index contributed by atoms with van der Waals surface area (Å²) in [7, 11) is -4.05. The number of non-ortho nitro benzene ring substituents is 1. The van der Waals surface area contributed by atoms with Gasteiger partial charge in [-0.05, 0) is 19.1 Å². The molecule has 1 aromatic carbocycles. The largest absolute Gasteiger partial charge is 0.414 e. The summed E-state index contributed by atoms with van der Waals surface area (Å²) in [6, 6.07) is 4.74. The molecule has 1 heterocycles. The highest BCUT2D eigenvalue weighted by Gasteiger charge is 2.18. The number of nitro benzene ring substituents is 1. The van der Waals surface area contributed by atoms with Crippen molar-refractivity contribution in [3.8, 4) is 5.75 Å². The number of imidazole rings is 1. The zero-order chi connectivity index (χ0) is 14.0. The second kappa shape index (κ2) is 4.69. The number of nitro groups is 1. The third-order valence-electron chi connectivity index (χ3n) is 2.27. The molecule has 0 amide bonds. The highest BCUT2D eigenvalue weighted by atomic mass is 32.2. The summed E-state index contributed by atoms with van der Waals surface area (Å²) in [6.07, 6.45) is 2.57. The van der Waals surface area contributed by atoms with E-state index >= 15 is 0 Å². The smallest absolute Gasteiger partial charge is 0.366 e. The minimum atomic E-state index is -4.05. The average molecular weight is 283 g/mol. The third-order valence-corrected chi connectivity index (χ3v) is 3.54. The number of hydrogen-bond acceptors (Lipinski definition) is 6. The second-order valence-electron chi connectivity index (χ2n) is 3.56. The predicted molar refractivity (Wildman–Crippen MR) is 65.0 cm³/mol. The van der Waals surface area contributed by atoms with Crippen LogP contribution in [0.3, 0.4) is 0 Å². The van der Waals surface area contributed by atoms with Gasteiger partial charge < -0.3 is 4.18 Å². The SMILES string of the molecule is Cc1nccn1S(=O)(=O)Oc1ccc([N+](=O)[O-])cc1. The van der Waals surface area contributed by atoms with Crippen LogP contribution in [0.4, 0.5) is 5.69 Å². The quantitative estimate of drug-likeness (QED) is 0.618. The lowest BCUT2D eigenvalue weighted by molar-refractivity contribution is -0.384. The monoisotopic (exact) mass is 283 g/mol. The molecule has 8 nitrogen and oxygen atoms in total. The maximum Gasteiger partial charge on any atom is 0.414 e. The van der Waals surface area contributed by atoms with Gasteiger partial charge in [-0.15, -0.1) is 0 Å². The first-order valence-electron chi connectivity index (χ1n) is 5.09. The van der Waals surface area contributed by atoms with E-state index in [2.05, 4.69) is 4.98 Å². The maximum absolute atomic E-state index is 11.9. The van der Waals surface area contributed by atoms with Crippen LogP contribution in [0.1, 0.15) is 5.82 Å². The van der Waals surface area contributed by atoms with E-state index in [0.29, 0.717) is 0 Å². The number of rotatable bonds is 4. The molecular formula is C10H9N3O5S. The first-order chi connectivity index (χ1) is 8.90. The van der Waals surface area contributed by atoms with Gasteiger partial charge in [-0.1, -0.05) is 0 Å². The lowest BCUT2D eigenvalue weighted by Crippen LogP contribution is -2.19. The molecule has 0 radical (unpaired) electrons. The molecule has 9 heteroatoms. The molecule has 0 aliphatic carbocycles. The molecule has 0 aliphatic rings. The molecule has 0 aliphatic heterocycles. The van der Waals surface area contributed by atoms with Crippen molar-refractivity contribution in [2.45, 2.75) is 6.92 Å². The standard InChI is InChI=1S/C10H9N3O5S/c1-8-11-6-7-12(8)19(16,17)18-10-4-2-9(3-5-10)13(14)15/h2-7H,1H3. The van der Waals surface area contributed by atoms with Gasteiger partial charge in [0.2, 0.25) is 0 Å². The van der Waals surface area contributed by atoms with Gasteiger partial charge in [-0.25, -0.2) is 4.98 Å². The van der Waals surface area contributed by atoms with E-state index < -0.39 is 15.2 Å². The molecule has 1 aromatic heterocycles. The van der Waals surface area contributed by atoms with Crippen LogP contribution in [-0.4, -0.2) is 22.3 Å². The summed E-state index contributed by atoms with van der Waals surface area (Å²) in [6.45, 7) is 1.51. The van der Waals surface area contributed by atoms with Crippen molar-refractivity contribution in [1.29, 1.82) is 0 Å². The van der Waals surface area contributed by atoms with Crippen molar-refractivity contribution >= 4 is 16.0 Å². The topological polar surface area (TPSA) is 104 Å². The summed E-state index contributed by atoms with van der Waals surface area (Å²) < 4.78 is 29.4. The minimum Gasteiger partial charge on any atom is -0.366 e. The Kier molecular flexibility index (Phi) is 3.21. The Morgan fingerprint density at radius 2 is 1.95 bits per heavy atom. The Morgan fingerprint density at radius 1 is 1.32 bits per heavy atom. The molecule has 0 bridgehead atoms. The van der Waals surface area contributed by atoms with Gasteiger partial charge in [0.25, 0.3) is 5.69 Å². The maximum atomic E-state index is 11.9. The zero-order valence-electron chi connectivity index (χ0n) is 9.76. The molecule has 2 aromatic rings. The molecule has 0 atom stereocenters. The third kappa shape index (κ3) is 2.71. The Balaban J connectivity index is 2.26. The average Bonchev–Trinajstić information content (AvgIpc) is 2.76. The number of nitrogens with zero attached hydrogens (tertiary/aromatic N) is 3. The molecule has 0 saturated carbocycles. The Hall–Kier alpha value is -2.42. The molecule has 100 valence electrons. The van der Waals surface area contributed by atoms with Crippen LogP contribution in [-0.2, 0) is 10.3 Å². The minimum absolute atomic E-state index is 0.0151.